The largest absolute Gasteiger partial charge is 0.462 e. The van der Waals surface area contributed by atoms with Crippen LogP contribution in [-0.2, 0) is 6.61 Å². The summed E-state index contributed by atoms with van der Waals surface area (Å²) in [5.74, 6) is 1.53. The fourth-order valence-corrected chi connectivity index (χ4v) is 1.52. The molecule has 1 fully saturated rings. The fourth-order valence-electron chi connectivity index (χ4n) is 1.52. The van der Waals surface area contributed by atoms with E-state index in [-0.39, 0.29) is 12.6 Å². The van der Waals surface area contributed by atoms with E-state index in [0.717, 1.165) is 25.4 Å². The molecule has 1 aliphatic heterocycles. The Morgan fingerprint density at radius 3 is 3.00 bits per heavy atom. The Labute approximate surface area is 76.9 Å². The minimum absolute atomic E-state index is 0.0276. The van der Waals surface area contributed by atoms with E-state index >= 15 is 0 Å². The van der Waals surface area contributed by atoms with Gasteiger partial charge in [0.25, 0.3) is 0 Å². The highest BCUT2D eigenvalue weighted by Crippen LogP contribution is 2.16. The molecule has 0 spiro atoms. The second-order valence-electron chi connectivity index (χ2n) is 3.17. The van der Waals surface area contributed by atoms with Crippen molar-refractivity contribution >= 4 is 0 Å². The maximum atomic E-state index is 8.82. The monoisotopic (exact) mass is 182 g/mol. The highest BCUT2D eigenvalue weighted by atomic mass is 16.4. The van der Waals surface area contributed by atoms with Crippen LogP contribution in [0, 0.1) is 0 Å². The molecule has 4 nitrogen and oxygen atoms in total. The van der Waals surface area contributed by atoms with E-state index < -0.39 is 0 Å². The van der Waals surface area contributed by atoms with E-state index in [1.54, 1.807) is 0 Å². The van der Waals surface area contributed by atoms with Crippen molar-refractivity contribution in [3.8, 4) is 0 Å². The first-order valence-corrected chi connectivity index (χ1v) is 4.53. The van der Waals surface area contributed by atoms with Crippen LogP contribution < -0.4 is 10.6 Å². The zero-order valence-electron chi connectivity index (χ0n) is 7.42. The summed E-state index contributed by atoms with van der Waals surface area (Å²) in [7, 11) is 0. The number of hydrogen-bond donors (Lipinski definition) is 3. The number of rotatable bonds is 2. The van der Waals surface area contributed by atoms with Crippen LogP contribution in [0.3, 0.4) is 0 Å². The molecular weight excluding hydrogens is 168 g/mol. The van der Waals surface area contributed by atoms with Gasteiger partial charge in [-0.05, 0) is 12.1 Å². The minimum Gasteiger partial charge on any atom is -0.462 e. The van der Waals surface area contributed by atoms with E-state index in [1.165, 1.54) is 0 Å². The Morgan fingerprint density at radius 2 is 2.38 bits per heavy atom. The molecule has 1 aromatic rings. The number of hydrogen-bond acceptors (Lipinski definition) is 4. The molecule has 1 atom stereocenters. The van der Waals surface area contributed by atoms with Crippen LogP contribution in [0.15, 0.2) is 16.5 Å². The summed E-state index contributed by atoms with van der Waals surface area (Å²) in [6.07, 6.45) is 0. The predicted molar refractivity (Wildman–Crippen MR) is 48.2 cm³/mol. The Balaban J connectivity index is 2.05. The summed E-state index contributed by atoms with van der Waals surface area (Å²) >= 11 is 0. The maximum absolute atomic E-state index is 8.82. The van der Waals surface area contributed by atoms with Gasteiger partial charge in [-0.2, -0.15) is 0 Å². The van der Waals surface area contributed by atoms with Gasteiger partial charge in [0.05, 0.1) is 6.04 Å². The molecule has 2 rings (SSSR count). The van der Waals surface area contributed by atoms with Crippen molar-refractivity contribution in [1.29, 1.82) is 0 Å². The fraction of sp³-hybridized carbons (Fsp3) is 0.556. The summed E-state index contributed by atoms with van der Waals surface area (Å²) in [6.45, 7) is 2.82. The number of nitrogens with one attached hydrogen (secondary N) is 2. The summed E-state index contributed by atoms with van der Waals surface area (Å²) in [5, 5.41) is 15.4. The Kier molecular flexibility index (Phi) is 2.63. The van der Waals surface area contributed by atoms with Crippen molar-refractivity contribution in [2.75, 3.05) is 19.6 Å². The molecule has 13 heavy (non-hydrogen) atoms. The summed E-state index contributed by atoms with van der Waals surface area (Å²) < 4.78 is 5.42. The van der Waals surface area contributed by atoms with Gasteiger partial charge in [-0.1, -0.05) is 0 Å². The summed E-state index contributed by atoms with van der Waals surface area (Å²) in [5.41, 5.74) is 0. The maximum Gasteiger partial charge on any atom is 0.129 e. The number of furan rings is 1. The Morgan fingerprint density at radius 1 is 1.46 bits per heavy atom. The molecule has 0 aliphatic carbocycles. The second-order valence-corrected chi connectivity index (χ2v) is 3.17. The van der Waals surface area contributed by atoms with Crippen LogP contribution in [0.25, 0.3) is 0 Å². The molecule has 1 aromatic heterocycles. The van der Waals surface area contributed by atoms with Crippen LogP contribution in [0.2, 0.25) is 0 Å². The topological polar surface area (TPSA) is 57.4 Å². The van der Waals surface area contributed by atoms with E-state index in [4.69, 9.17) is 9.52 Å². The lowest BCUT2D eigenvalue weighted by molar-refractivity contribution is 0.237. The van der Waals surface area contributed by atoms with E-state index in [0.29, 0.717) is 5.76 Å². The van der Waals surface area contributed by atoms with Gasteiger partial charge in [0.1, 0.15) is 18.1 Å². The first-order valence-electron chi connectivity index (χ1n) is 4.53. The molecule has 1 aliphatic rings. The van der Waals surface area contributed by atoms with Gasteiger partial charge in [0, 0.05) is 19.6 Å². The average molecular weight is 182 g/mol. The molecule has 0 saturated carbocycles. The van der Waals surface area contributed by atoms with Crippen LogP contribution in [-0.4, -0.2) is 24.7 Å². The van der Waals surface area contributed by atoms with E-state index in [1.807, 2.05) is 12.1 Å². The smallest absolute Gasteiger partial charge is 0.129 e. The Bertz CT molecular complexity index is 266. The van der Waals surface area contributed by atoms with E-state index in [2.05, 4.69) is 10.6 Å². The average Bonchev–Trinajstić information content (AvgIpc) is 2.67. The molecule has 0 aromatic carbocycles. The first-order chi connectivity index (χ1) is 6.40. The molecule has 4 heteroatoms. The van der Waals surface area contributed by atoms with Crippen molar-refractivity contribution < 1.29 is 9.52 Å². The van der Waals surface area contributed by atoms with E-state index in [9.17, 15) is 0 Å². The SMILES string of the molecule is OCc1ccc([C@H]2CNCCN2)o1. The normalized spacial score (nSPS) is 23.3. The molecule has 0 bridgehead atoms. The van der Waals surface area contributed by atoms with Gasteiger partial charge in [-0.25, -0.2) is 0 Å². The quantitative estimate of drug-likeness (QED) is 0.603. The van der Waals surface area contributed by atoms with Crippen LogP contribution in [0.1, 0.15) is 17.6 Å². The van der Waals surface area contributed by atoms with Gasteiger partial charge < -0.3 is 20.2 Å². The second kappa shape index (κ2) is 3.91. The Hall–Kier alpha value is -0.840. The van der Waals surface area contributed by atoms with Gasteiger partial charge >= 0.3 is 0 Å². The van der Waals surface area contributed by atoms with Crippen molar-refractivity contribution in [1.82, 2.24) is 10.6 Å². The summed E-state index contributed by atoms with van der Waals surface area (Å²) in [4.78, 5) is 0. The molecule has 2 heterocycles. The van der Waals surface area contributed by atoms with Crippen LogP contribution in [0.4, 0.5) is 0 Å². The lowest BCUT2D eigenvalue weighted by Crippen LogP contribution is -2.42. The lowest BCUT2D eigenvalue weighted by atomic mass is 10.2. The number of aliphatic hydroxyl groups excluding tert-OH is 1. The number of aliphatic hydroxyl groups is 1. The standard InChI is InChI=1S/C9H14N2O2/c12-6-7-1-2-9(13-7)8-5-10-3-4-11-8/h1-2,8,10-12H,3-6H2/t8-/m1/s1. The third-order valence-corrected chi connectivity index (χ3v) is 2.22. The van der Waals surface area contributed by atoms with Gasteiger partial charge in [0.2, 0.25) is 0 Å². The van der Waals surface area contributed by atoms with Gasteiger partial charge in [0.15, 0.2) is 0 Å². The van der Waals surface area contributed by atoms with Gasteiger partial charge in [-0.3, -0.25) is 0 Å². The van der Waals surface area contributed by atoms with Crippen molar-refractivity contribution in [3.63, 3.8) is 0 Å². The minimum atomic E-state index is -0.0276. The van der Waals surface area contributed by atoms with Crippen molar-refractivity contribution in [2.45, 2.75) is 12.6 Å². The van der Waals surface area contributed by atoms with Crippen molar-refractivity contribution in [2.24, 2.45) is 0 Å². The lowest BCUT2D eigenvalue weighted by Gasteiger charge is -2.22. The van der Waals surface area contributed by atoms with Crippen molar-refractivity contribution in [3.05, 3.63) is 23.7 Å². The zero-order valence-corrected chi connectivity index (χ0v) is 7.42. The summed E-state index contributed by atoms with van der Waals surface area (Å²) in [6, 6.07) is 3.97. The van der Waals surface area contributed by atoms with Gasteiger partial charge in [-0.15, -0.1) is 0 Å². The molecule has 1 saturated heterocycles. The highest BCUT2D eigenvalue weighted by molar-refractivity contribution is 5.11. The van der Waals surface area contributed by atoms with Crippen LogP contribution >= 0.6 is 0 Å². The third kappa shape index (κ3) is 1.91. The molecular formula is C9H14N2O2. The zero-order chi connectivity index (χ0) is 9.10. The molecule has 0 amide bonds. The first kappa shape index (κ1) is 8.74. The number of piperazine rings is 1. The highest BCUT2D eigenvalue weighted by Gasteiger charge is 2.17. The van der Waals surface area contributed by atoms with Crippen LogP contribution in [0.5, 0.6) is 0 Å². The molecule has 72 valence electrons. The molecule has 0 radical (unpaired) electrons. The molecule has 0 unspecified atom stereocenters. The predicted octanol–water partition coefficient (Wildman–Crippen LogP) is 0.00580. The third-order valence-electron chi connectivity index (χ3n) is 2.22. The molecule has 3 N–H and O–H groups in total.